The maximum absolute atomic E-state index is 11.4. The topological polar surface area (TPSA) is 98.7 Å². The third kappa shape index (κ3) is 3.17. The number of rotatable bonds is 5. The van der Waals surface area contributed by atoms with Gasteiger partial charge in [-0.25, -0.2) is 10.5 Å². The van der Waals surface area contributed by atoms with Gasteiger partial charge < -0.3 is 0 Å². The van der Waals surface area contributed by atoms with Gasteiger partial charge in [0.25, 0.3) is 0 Å². The average molecular weight is 230 g/mol. The van der Waals surface area contributed by atoms with E-state index >= 15 is 0 Å². The number of tetrazole rings is 1. The zero-order valence-electron chi connectivity index (χ0n) is 8.67. The molecule has 0 aliphatic heterocycles. The van der Waals surface area contributed by atoms with Crippen LogP contribution in [-0.2, 0) is 11.8 Å². The minimum atomic E-state index is -0.246. The number of nitrogens with zero attached hydrogens (tertiary/aromatic N) is 4. The number of hydrogen-bond acceptors (Lipinski definition) is 6. The third-order valence-electron chi connectivity index (χ3n) is 1.81. The molecule has 8 heteroatoms. The lowest BCUT2D eigenvalue weighted by Gasteiger charge is -2.11. The van der Waals surface area contributed by atoms with Gasteiger partial charge in [0.15, 0.2) is 0 Å². The Kier molecular flexibility index (Phi) is 4.50. The number of nitrogens with one attached hydrogen (secondary N) is 1. The lowest BCUT2D eigenvalue weighted by molar-refractivity contribution is -0.120. The molecule has 0 fully saturated rings. The number of carbonyl (C=O) groups is 1. The number of thioether (sulfide) groups is 1. The Hall–Kier alpha value is -1.15. The first-order chi connectivity index (χ1) is 7.19. The van der Waals surface area contributed by atoms with Crippen LogP contribution < -0.4 is 11.3 Å². The molecule has 1 aromatic heterocycles. The molecule has 0 bridgehead atoms. The van der Waals surface area contributed by atoms with E-state index in [9.17, 15) is 4.79 Å². The Morgan fingerprint density at radius 1 is 1.73 bits per heavy atom. The van der Waals surface area contributed by atoms with Crippen LogP contribution in [0.1, 0.15) is 19.8 Å². The molecule has 84 valence electrons. The van der Waals surface area contributed by atoms with E-state index in [-0.39, 0.29) is 11.2 Å². The van der Waals surface area contributed by atoms with Crippen molar-refractivity contribution in [3.8, 4) is 0 Å². The number of aromatic nitrogens is 4. The summed E-state index contributed by atoms with van der Waals surface area (Å²) in [7, 11) is 1.73. The molecule has 1 amide bonds. The Labute approximate surface area is 91.7 Å². The molecular weight excluding hydrogens is 216 g/mol. The minimum Gasteiger partial charge on any atom is -0.293 e. The third-order valence-corrected chi connectivity index (χ3v) is 3.11. The molecule has 1 aromatic rings. The Balaban J connectivity index is 2.66. The van der Waals surface area contributed by atoms with E-state index < -0.39 is 0 Å². The normalized spacial score (nSPS) is 12.5. The second-order valence-corrected chi connectivity index (χ2v) is 4.16. The smallest absolute Gasteiger partial charge is 0.247 e. The summed E-state index contributed by atoms with van der Waals surface area (Å²) in [6, 6.07) is 0. The predicted molar refractivity (Wildman–Crippen MR) is 55.7 cm³/mol. The molecule has 0 aliphatic rings. The fourth-order valence-electron chi connectivity index (χ4n) is 1.05. The highest BCUT2D eigenvalue weighted by atomic mass is 32.2. The summed E-state index contributed by atoms with van der Waals surface area (Å²) in [6.07, 6.45) is 1.64. The molecule has 0 saturated heterocycles. The first-order valence-electron chi connectivity index (χ1n) is 4.58. The number of aryl methyl sites for hydroxylation is 1. The van der Waals surface area contributed by atoms with Crippen LogP contribution in [0.25, 0.3) is 0 Å². The van der Waals surface area contributed by atoms with Crippen molar-refractivity contribution in [1.82, 2.24) is 25.6 Å². The van der Waals surface area contributed by atoms with Crippen LogP contribution in [0.3, 0.4) is 0 Å². The number of hydrogen-bond donors (Lipinski definition) is 2. The van der Waals surface area contributed by atoms with Gasteiger partial charge in [0.05, 0.1) is 5.25 Å². The average Bonchev–Trinajstić information content (AvgIpc) is 2.63. The highest BCUT2D eigenvalue weighted by molar-refractivity contribution is 8.00. The molecular formula is C7H14N6OS. The molecule has 1 heterocycles. The van der Waals surface area contributed by atoms with Gasteiger partial charge in [-0.2, -0.15) is 0 Å². The van der Waals surface area contributed by atoms with Crippen molar-refractivity contribution < 1.29 is 4.79 Å². The quantitative estimate of drug-likeness (QED) is 0.305. The van der Waals surface area contributed by atoms with Crippen LogP contribution >= 0.6 is 11.8 Å². The van der Waals surface area contributed by atoms with Gasteiger partial charge in [-0.05, 0) is 16.8 Å². The second kappa shape index (κ2) is 5.66. The largest absolute Gasteiger partial charge is 0.293 e. The van der Waals surface area contributed by atoms with E-state index in [0.717, 1.165) is 12.8 Å². The van der Waals surface area contributed by atoms with Gasteiger partial charge in [0.2, 0.25) is 11.1 Å². The lowest BCUT2D eigenvalue weighted by Crippen LogP contribution is -2.37. The van der Waals surface area contributed by atoms with Crippen molar-refractivity contribution in [1.29, 1.82) is 0 Å². The summed E-state index contributed by atoms with van der Waals surface area (Å²) in [5.74, 6) is 4.90. The van der Waals surface area contributed by atoms with E-state index in [1.807, 2.05) is 6.92 Å². The van der Waals surface area contributed by atoms with Crippen molar-refractivity contribution >= 4 is 17.7 Å². The van der Waals surface area contributed by atoms with Crippen LogP contribution in [0.2, 0.25) is 0 Å². The second-order valence-electron chi connectivity index (χ2n) is 2.99. The number of carbonyl (C=O) groups excluding carboxylic acids is 1. The van der Waals surface area contributed by atoms with Crippen molar-refractivity contribution in [2.24, 2.45) is 12.9 Å². The lowest BCUT2D eigenvalue weighted by atomic mass is 10.2. The molecule has 1 rings (SSSR count). The molecule has 1 atom stereocenters. The van der Waals surface area contributed by atoms with Gasteiger partial charge in [-0.1, -0.05) is 25.1 Å². The molecule has 0 aromatic carbocycles. The highest BCUT2D eigenvalue weighted by Gasteiger charge is 2.20. The first kappa shape index (κ1) is 11.9. The van der Waals surface area contributed by atoms with Crippen molar-refractivity contribution in [2.75, 3.05) is 0 Å². The van der Waals surface area contributed by atoms with Crippen LogP contribution in [0.5, 0.6) is 0 Å². The summed E-state index contributed by atoms with van der Waals surface area (Å²) in [5.41, 5.74) is 2.14. The molecule has 0 radical (unpaired) electrons. The molecule has 3 N–H and O–H groups in total. The van der Waals surface area contributed by atoms with Crippen molar-refractivity contribution in [3.05, 3.63) is 0 Å². The first-order valence-corrected chi connectivity index (χ1v) is 5.46. The van der Waals surface area contributed by atoms with E-state index in [4.69, 9.17) is 5.84 Å². The van der Waals surface area contributed by atoms with E-state index in [2.05, 4.69) is 21.0 Å². The number of amides is 1. The molecule has 7 nitrogen and oxygen atoms in total. The maximum Gasteiger partial charge on any atom is 0.247 e. The SMILES string of the molecule is CCCC(Sc1nnnn1C)C(=O)NN. The summed E-state index contributed by atoms with van der Waals surface area (Å²) >= 11 is 1.31. The summed E-state index contributed by atoms with van der Waals surface area (Å²) in [6.45, 7) is 2.01. The zero-order chi connectivity index (χ0) is 11.3. The highest BCUT2D eigenvalue weighted by Crippen LogP contribution is 2.23. The minimum absolute atomic E-state index is 0.204. The van der Waals surface area contributed by atoms with Crippen LogP contribution in [-0.4, -0.2) is 31.4 Å². The van der Waals surface area contributed by atoms with Gasteiger partial charge >= 0.3 is 0 Å². The monoisotopic (exact) mass is 230 g/mol. The summed E-state index contributed by atoms with van der Waals surface area (Å²) in [5, 5.41) is 11.3. The Morgan fingerprint density at radius 2 is 2.47 bits per heavy atom. The Bertz CT molecular complexity index is 327. The van der Waals surface area contributed by atoms with Crippen LogP contribution in [0, 0.1) is 0 Å². The summed E-state index contributed by atoms with van der Waals surface area (Å²) in [4.78, 5) is 11.4. The Morgan fingerprint density at radius 3 is 2.93 bits per heavy atom. The standard InChI is InChI=1S/C7H14N6OS/c1-3-4-5(6(14)9-8)15-7-10-11-12-13(7)2/h5H,3-4,8H2,1-2H3,(H,9,14). The molecule has 0 aliphatic carbocycles. The van der Waals surface area contributed by atoms with E-state index in [1.54, 1.807) is 7.05 Å². The van der Waals surface area contributed by atoms with Crippen molar-refractivity contribution in [2.45, 2.75) is 30.2 Å². The van der Waals surface area contributed by atoms with Crippen molar-refractivity contribution in [3.63, 3.8) is 0 Å². The van der Waals surface area contributed by atoms with Crippen LogP contribution in [0.4, 0.5) is 0 Å². The van der Waals surface area contributed by atoms with Crippen LogP contribution in [0.15, 0.2) is 5.16 Å². The van der Waals surface area contributed by atoms with Gasteiger partial charge in [0.1, 0.15) is 0 Å². The van der Waals surface area contributed by atoms with Gasteiger partial charge in [0, 0.05) is 7.05 Å². The molecule has 0 saturated carbocycles. The zero-order valence-corrected chi connectivity index (χ0v) is 9.49. The number of nitrogens with two attached hydrogens (primary N) is 1. The fraction of sp³-hybridized carbons (Fsp3) is 0.714. The maximum atomic E-state index is 11.4. The van der Waals surface area contributed by atoms with Gasteiger partial charge in [-0.3, -0.25) is 10.2 Å². The summed E-state index contributed by atoms with van der Waals surface area (Å²) < 4.78 is 1.52. The fourth-order valence-corrected chi connectivity index (χ4v) is 2.10. The van der Waals surface area contributed by atoms with E-state index in [0.29, 0.717) is 5.16 Å². The molecule has 15 heavy (non-hydrogen) atoms. The predicted octanol–water partition coefficient (Wildman–Crippen LogP) is -0.539. The molecule has 1 unspecified atom stereocenters. The van der Waals surface area contributed by atoms with E-state index in [1.165, 1.54) is 16.4 Å². The number of hydrazine groups is 1. The molecule has 0 spiro atoms. The van der Waals surface area contributed by atoms with Gasteiger partial charge in [-0.15, -0.1) is 5.10 Å².